The van der Waals surface area contributed by atoms with Crippen LogP contribution in [0.3, 0.4) is 0 Å². The summed E-state index contributed by atoms with van der Waals surface area (Å²) in [7, 11) is 2.01. The molecule has 3 nitrogen and oxygen atoms in total. The molecule has 100 valence electrons. The van der Waals surface area contributed by atoms with E-state index in [1.54, 1.807) is 0 Å². The smallest absolute Gasteiger partial charge is 0.127 e. The highest BCUT2D eigenvalue weighted by Gasteiger charge is 2.20. The molecule has 2 rings (SSSR count). The van der Waals surface area contributed by atoms with E-state index in [0.29, 0.717) is 6.54 Å². The molecule has 1 aliphatic heterocycles. The van der Waals surface area contributed by atoms with Gasteiger partial charge in [0.15, 0.2) is 0 Å². The van der Waals surface area contributed by atoms with Crippen molar-refractivity contribution in [1.82, 2.24) is 4.90 Å². The molecule has 0 atom stereocenters. The van der Waals surface area contributed by atoms with Crippen LogP contribution in [-0.4, -0.2) is 35.8 Å². The standard InChI is InChI=1S/C14H20BrNO2/c1-14(2,17)9-16(3)8-11-7-12(15)6-10-4-5-18-13(10)11/h6-7,17H,4-5,8-9H2,1-3H3. The zero-order valence-electron chi connectivity index (χ0n) is 11.2. The quantitative estimate of drug-likeness (QED) is 0.927. The molecule has 1 heterocycles. The Morgan fingerprint density at radius 1 is 1.44 bits per heavy atom. The second-order valence-electron chi connectivity index (χ2n) is 5.64. The molecule has 1 aliphatic rings. The van der Waals surface area contributed by atoms with Crippen molar-refractivity contribution in [2.75, 3.05) is 20.2 Å². The maximum atomic E-state index is 9.83. The van der Waals surface area contributed by atoms with E-state index in [2.05, 4.69) is 33.0 Å². The predicted octanol–water partition coefficient (Wildman–Crippen LogP) is 2.59. The molecule has 4 heteroatoms. The largest absolute Gasteiger partial charge is 0.493 e. The molecule has 0 amide bonds. The van der Waals surface area contributed by atoms with Crippen molar-refractivity contribution in [2.45, 2.75) is 32.4 Å². The second kappa shape index (κ2) is 5.19. The van der Waals surface area contributed by atoms with Gasteiger partial charge in [-0.15, -0.1) is 0 Å². The van der Waals surface area contributed by atoms with E-state index in [0.717, 1.165) is 29.8 Å². The normalized spacial score (nSPS) is 14.8. The Kier molecular flexibility index (Phi) is 3.99. The number of benzene rings is 1. The molecule has 0 unspecified atom stereocenters. The summed E-state index contributed by atoms with van der Waals surface area (Å²) in [5.74, 6) is 1.03. The highest BCUT2D eigenvalue weighted by Crippen LogP contribution is 2.33. The lowest BCUT2D eigenvalue weighted by Gasteiger charge is -2.26. The fraction of sp³-hybridized carbons (Fsp3) is 0.571. The third-order valence-electron chi connectivity index (χ3n) is 2.92. The summed E-state index contributed by atoms with van der Waals surface area (Å²) in [5.41, 5.74) is 1.78. The van der Waals surface area contributed by atoms with Gasteiger partial charge in [0.2, 0.25) is 0 Å². The molecule has 0 spiro atoms. The van der Waals surface area contributed by atoms with E-state index in [1.807, 2.05) is 20.9 Å². The molecule has 0 aromatic heterocycles. The monoisotopic (exact) mass is 313 g/mol. The zero-order chi connectivity index (χ0) is 13.3. The van der Waals surface area contributed by atoms with E-state index in [4.69, 9.17) is 4.74 Å². The minimum Gasteiger partial charge on any atom is -0.493 e. The number of fused-ring (bicyclic) bond motifs is 1. The van der Waals surface area contributed by atoms with Crippen LogP contribution in [0.2, 0.25) is 0 Å². The lowest BCUT2D eigenvalue weighted by Crippen LogP contribution is -2.35. The molecule has 0 fully saturated rings. The van der Waals surface area contributed by atoms with Crippen LogP contribution in [-0.2, 0) is 13.0 Å². The third-order valence-corrected chi connectivity index (χ3v) is 3.38. The number of likely N-dealkylation sites (N-methyl/N-ethyl adjacent to an activating group) is 1. The van der Waals surface area contributed by atoms with Gasteiger partial charge in [-0.2, -0.15) is 0 Å². The number of aliphatic hydroxyl groups is 1. The van der Waals surface area contributed by atoms with Gasteiger partial charge < -0.3 is 9.84 Å². The first-order chi connectivity index (χ1) is 8.35. The number of hydrogen-bond donors (Lipinski definition) is 1. The van der Waals surface area contributed by atoms with Crippen LogP contribution in [0, 0.1) is 0 Å². The molecule has 0 radical (unpaired) electrons. The van der Waals surface area contributed by atoms with Gasteiger partial charge >= 0.3 is 0 Å². The molecule has 18 heavy (non-hydrogen) atoms. The topological polar surface area (TPSA) is 32.7 Å². The number of halogens is 1. The summed E-state index contributed by atoms with van der Waals surface area (Å²) in [4.78, 5) is 2.11. The highest BCUT2D eigenvalue weighted by atomic mass is 79.9. The lowest BCUT2D eigenvalue weighted by atomic mass is 10.1. The third kappa shape index (κ3) is 3.46. The maximum absolute atomic E-state index is 9.83. The van der Waals surface area contributed by atoms with Gasteiger partial charge in [-0.05, 0) is 38.6 Å². The Balaban J connectivity index is 2.14. The fourth-order valence-electron chi connectivity index (χ4n) is 2.47. The van der Waals surface area contributed by atoms with Crippen molar-refractivity contribution in [1.29, 1.82) is 0 Å². The van der Waals surface area contributed by atoms with Crippen molar-refractivity contribution in [2.24, 2.45) is 0 Å². The Hall–Kier alpha value is -0.580. The van der Waals surface area contributed by atoms with Gasteiger partial charge in [-0.3, -0.25) is 4.90 Å². The van der Waals surface area contributed by atoms with Crippen LogP contribution in [0.4, 0.5) is 0 Å². The average Bonchev–Trinajstić information content (AvgIpc) is 2.61. The second-order valence-corrected chi connectivity index (χ2v) is 6.55. The number of hydrogen-bond acceptors (Lipinski definition) is 3. The van der Waals surface area contributed by atoms with Crippen LogP contribution < -0.4 is 4.74 Å². The van der Waals surface area contributed by atoms with Crippen molar-refractivity contribution in [3.63, 3.8) is 0 Å². The molecule has 0 saturated carbocycles. The van der Waals surface area contributed by atoms with E-state index in [9.17, 15) is 5.11 Å². The first-order valence-electron chi connectivity index (χ1n) is 6.20. The fourth-order valence-corrected chi connectivity index (χ4v) is 3.02. The van der Waals surface area contributed by atoms with Gasteiger partial charge in [-0.25, -0.2) is 0 Å². The van der Waals surface area contributed by atoms with E-state index in [-0.39, 0.29) is 0 Å². The van der Waals surface area contributed by atoms with Crippen molar-refractivity contribution in [3.8, 4) is 5.75 Å². The van der Waals surface area contributed by atoms with Crippen LogP contribution in [0.1, 0.15) is 25.0 Å². The van der Waals surface area contributed by atoms with Gasteiger partial charge in [0, 0.05) is 29.5 Å². The summed E-state index contributed by atoms with van der Waals surface area (Å²) in [6, 6.07) is 4.23. The van der Waals surface area contributed by atoms with Gasteiger partial charge in [0.25, 0.3) is 0 Å². The van der Waals surface area contributed by atoms with Gasteiger partial charge in [0.1, 0.15) is 5.75 Å². The van der Waals surface area contributed by atoms with Crippen molar-refractivity contribution < 1.29 is 9.84 Å². The molecule has 1 aromatic carbocycles. The van der Waals surface area contributed by atoms with E-state index < -0.39 is 5.60 Å². The Bertz CT molecular complexity index is 440. The highest BCUT2D eigenvalue weighted by molar-refractivity contribution is 9.10. The predicted molar refractivity (Wildman–Crippen MR) is 76.0 cm³/mol. The van der Waals surface area contributed by atoms with E-state index in [1.165, 1.54) is 11.1 Å². The number of rotatable bonds is 4. The molecule has 1 N–H and O–H groups in total. The first kappa shape index (κ1) is 13.8. The Labute approximate surface area is 117 Å². The first-order valence-corrected chi connectivity index (χ1v) is 6.99. The summed E-state index contributed by atoms with van der Waals surface area (Å²) in [5, 5.41) is 9.83. The summed E-state index contributed by atoms with van der Waals surface area (Å²) < 4.78 is 6.80. The Morgan fingerprint density at radius 3 is 2.83 bits per heavy atom. The molecule has 0 bridgehead atoms. The Morgan fingerprint density at radius 2 is 2.17 bits per heavy atom. The summed E-state index contributed by atoms with van der Waals surface area (Å²) >= 11 is 3.54. The summed E-state index contributed by atoms with van der Waals surface area (Å²) in [6.07, 6.45) is 0.983. The minimum atomic E-state index is -0.676. The van der Waals surface area contributed by atoms with Crippen molar-refractivity contribution in [3.05, 3.63) is 27.7 Å². The number of nitrogens with zero attached hydrogens (tertiary/aromatic N) is 1. The minimum absolute atomic E-state index is 0.633. The molecule has 1 aromatic rings. The molecule has 0 aliphatic carbocycles. The zero-order valence-corrected chi connectivity index (χ0v) is 12.7. The lowest BCUT2D eigenvalue weighted by molar-refractivity contribution is 0.0422. The average molecular weight is 314 g/mol. The summed E-state index contributed by atoms with van der Waals surface area (Å²) in [6.45, 7) is 5.84. The van der Waals surface area contributed by atoms with Gasteiger partial charge in [0.05, 0.1) is 12.2 Å². The van der Waals surface area contributed by atoms with Crippen molar-refractivity contribution >= 4 is 15.9 Å². The van der Waals surface area contributed by atoms with E-state index >= 15 is 0 Å². The molecular formula is C14H20BrNO2. The van der Waals surface area contributed by atoms with Crippen LogP contribution in [0.15, 0.2) is 16.6 Å². The maximum Gasteiger partial charge on any atom is 0.127 e. The van der Waals surface area contributed by atoms with Gasteiger partial charge in [-0.1, -0.05) is 15.9 Å². The molecular weight excluding hydrogens is 294 g/mol. The van der Waals surface area contributed by atoms with Crippen LogP contribution >= 0.6 is 15.9 Å². The number of ether oxygens (including phenoxy) is 1. The SMILES string of the molecule is CN(Cc1cc(Br)cc2c1OCC2)CC(C)(C)O. The van der Waals surface area contributed by atoms with Crippen LogP contribution in [0.5, 0.6) is 5.75 Å². The van der Waals surface area contributed by atoms with Crippen LogP contribution in [0.25, 0.3) is 0 Å². The molecule has 0 saturated heterocycles.